The van der Waals surface area contributed by atoms with Gasteiger partial charge in [0.05, 0.1) is 5.54 Å². The Bertz CT molecular complexity index is 647. The van der Waals surface area contributed by atoms with E-state index in [2.05, 4.69) is 50.3 Å². The van der Waals surface area contributed by atoms with Gasteiger partial charge >= 0.3 is 0 Å². The van der Waals surface area contributed by atoms with Crippen LogP contribution in [0.25, 0.3) is 0 Å². The SMILES string of the molecule is SN1CCCCC1(c1ccc(N2CCCCC2)cc1)c1ccsc1. The molecule has 24 heavy (non-hydrogen) atoms. The van der Waals surface area contributed by atoms with Gasteiger partial charge in [0.25, 0.3) is 0 Å². The number of thiol groups is 1. The van der Waals surface area contributed by atoms with E-state index < -0.39 is 0 Å². The molecule has 0 bridgehead atoms. The molecule has 0 aliphatic carbocycles. The number of benzene rings is 1. The van der Waals surface area contributed by atoms with Gasteiger partial charge in [-0.15, -0.1) is 0 Å². The zero-order chi connectivity index (χ0) is 16.4. The monoisotopic (exact) mass is 358 g/mol. The van der Waals surface area contributed by atoms with Crippen LogP contribution in [0, 0.1) is 0 Å². The van der Waals surface area contributed by atoms with Crippen molar-refractivity contribution in [1.82, 2.24) is 4.31 Å². The Morgan fingerprint density at radius 2 is 1.58 bits per heavy atom. The third-order valence-electron chi connectivity index (χ3n) is 5.66. The molecule has 0 N–H and O–H groups in total. The highest BCUT2D eigenvalue weighted by Gasteiger charge is 2.41. The lowest BCUT2D eigenvalue weighted by atomic mass is 9.78. The molecule has 4 rings (SSSR count). The number of thiophene rings is 1. The summed E-state index contributed by atoms with van der Waals surface area (Å²) >= 11 is 6.68. The maximum Gasteiger partial charge on any atom is 0.0817 e. The van der Waals surface area contributed by atoms with E-state index in [0.717, 1.165) is 13.0 Å². The standard InChI is InChI=1S/C20H26N2S2/c23-22-14-5-2-11-20(22,18-10-15-24-16-18)17-6-8-19(9-7-17)21-12-3-1-4-13-21/h6-10,15-16,23H,1-5,11-14H2. The average molecular weight is 359 g/mol. The fourth-order valence-corrected chi connectivity index (χ4v) is 5.51. The molecular weight excluding hydrogens is 332 g/mol. The van der Waals surface area contributed by atoms with E-state index in [-0.39, 0.29) is 5.54 Å². The van der Waals surface area contributed by atoms with Crippen molar-refractivity contribution in [2.24, 2.45) is 0 Å². The molecule has 0 saturated carbocycles. The predicted octanol–water partition coefficient (Wildman–Crippen LogP) is 5.31. The first-order chi connectivity index (χ1) is 11.8. The van der Waals surface area contributed by atoms with Crippen LogP contribution in [0.15, 0.2) is 41.1 Å². The smallest absolute Gasteiger partial charge is 0.0817 e. The minimum atomic E-state index is -0.0677. The van der Waals surface area contributed by atoms with Crippen LogP contribution < -0.4 is 4.90 Å². The Labute approximate surface area is 155 Å². The summed E-state index contributed by atoms with van der Waals surface area (Å²) in [6.45, 7) is 3.45. The third-order valence-corrected chi connectivity index (χ3v) is 6.89. The molecular formula is C20H26N2S2. The molecule has 2 aliphatic heterocycles. The van der Waals surface area contributed by atoms with Crippen LogP contribution in [0.2, 0.25) is 0 Å². The second kappa shape index (κ2) is 7.11. The van der Waals surface area contributed by atoms with Crippen molar-refractivity contribution >= 4 is 29.8 Å². The zero-order valence-electron chi connectivity index (χ0n) is 14.2. The molecule has 2 nitrogen and oxygen atoms in total. The van der Waals surface area contributed by atoms with E-state index in [1.807, 2.05) is 0 Å². The van der Waals surface area contributed by atoms with Crippen LogP contribution in [0.5, 0.6) is 0 Å². The van der Waals surface area contributed by atoms with Crippen molar-refractivity contribution in [1.29, 1.82) is 0 Å². The number of hydrogen-bond donors (Lipinski definition) is 1. The molecule has 128 valence electrons. The lowest BCUT2D eigenvalue weighted by Gasteiger charge is -2.45. The molecule has 4 heteroatoms. The predicted molar refractivity (Wildman–Crippen MR) is 107 cm³/mol. The normalized spacial score (nSPS) is 25.8. The number of hydrogen-bond acceptors (Lipinski definition) is 4. The largest absolute Gasteiger partial charge is 0.372 e. The molecule has 2 saturated heterocycles. The number of piperidine rings is 2. The highest BCUT2D eigenvalue weighted by Crippen LogP contribution is 2.45. The lowest BCUT2D eigenvalue weighted by molar-refractivity contribution is 0.192. The van der Waals surface area contributed by atoms with Crippen LogP contribution in [0.1, 0.15) is 49.7 Å². The van der Waals surface area contributed by atoms with Gasteiger partial charge in [-0.2, -0.15) is 11.3 Å². The molecule has 1 unspecified atom stereocenters. The van der Waals surface area contributed by atoms with Gasteiger partial charge in [0, 0.05) is 25.3 Å². The molecule has 0 radical (unpaired) electrons. The number of nitrogens with zero attached hydrogens (tertiary/aromatic N) is 2. The summed E-state index contributed by atoms with van der Waals surface area (Å²) < 4.78 is 2.27. The van der Waals surface area contributed by atoms with Crippen molar-refractivity contribution in [3.8, 4) is 0 Å². The maximum atomic E-state index is 4.89. The highest BCUT2D eigenvalue weighted by atomic mass is 32.1. The van der Waals surface area contributed by atoms with Gasteiger partial charge in [-0.1, -0.05) is 24.9 Å². The van der Waals surface area contributed by atoms with Gasteiger partial charge in [-0.05, 0) is 78.6 Å². The summed E-state index contributed by atoms with van der Waals surface area (Å²) in [5, 5.41) is 4.49. The summed E-state index contributed by atoms with van der Waals surface area (Å²) in [6, 6.07) is 11.6. The van der Waals surface area contributed by atoms with E-state index >= 15 is 0 Å². The molecule has 1 atom stereocenters. The molecule has 3 heterocycles. The molecule has 0 spiro atoms. The highest BCUT2D eigenvalue weighted by molar-refractivity contribution is 7.77. The molecule has 2 aliphatic rings. The first-order valence-corrected chi connectivity index (χ1v) is 10.5. The fraction of sp³-hybridized carbons (Fsp3) is 0.500. The van der Waals surface area contributed by atoms with Crippen molar-refractivity contribution in [2.75, 3.05) is 24.5 Å². The third kappa shape index (κ3) is 2.89. The number of anilines is 1. The van der Waals surface area contributed by atoms with E-state index in [1.54, 1.807) is 11.3 Å². The van der Waals surface area contributed by atoms with E-state index in [0.29, 0.717) is 0 Å². The first kappa shape index (κ1) is 16.5. The van der Waals surface area contributed by atoms with E-state index in [1.165, 1.54) is 62.0 Å². The summed E-state index contributed by atoms with van der Waals surface area (Å²) in [4.78, 5) is 2.53. The Morgan fingerprint density at radius 1 is 0.833 bits per heavy atom. The fourth-order valence-electron chi connectivity index (χ4n) is 4.32. The minimum Gasteiger partial charge on any atom is -0.372 e. The van der Waals surface area contributed by atoms with E-state index in [4.69, 9.17) is 12.8 Å². The summed E-state index contributed by atoms with van der Waals surface area (Å²) in [7, 11) is 0. The summed E-state index contributed by atoms with van der Waals surface area (Å²) in [6.07, 6.45) is 7.68. The molecule has 0 amide bonds. The Balaban J connectivity index is 1.68. The molecule has 1 aromatic carbocycles. The van der Waals surface area contributed by atoms with Crippen LogP contribution in [-0.2, 0) is 5.54 Å². The Morgan fingerprint density at radius 3 is 2.25 bits per heavy atom. The van der Waals surface area contributed by atoms with Gasteiger partial charge in [-0.25, -0.2) is 4.31 Å². The van der Waals surface area contributed by atoms with Gasteiger partial charge in [-0.3, -0.25) is 0 Å². The second-order valence-corrected chi connectivity index (χ2v) is 8.31. The first-order valence-electron chi connectivity index (χ1n) is 9.15. The number of rotatable bonds is 3. The van der Waals surface area contributed by atoms with Crippen molar-refractivity contribution in [2.45, 2.75) is 44.1 Å². The lowest BCUT2D eigenvalue weighted by Crippen LogP contribution is -2.44. The van der Waals surface area contributed by atoms with Gasteiger partial charge in [0.15, 0.2) is 0 Å². The van der Waals surface area contributed by atoms with Crippen molar-refractivity contribution < 1.29 is 0 Å². The van der Waals surface area contributed by atoms with Crippen LogP contribution >= 0.6 is 24.2 Å². The van der Waals surface area contributed by atoms with E-state index in [9.17, 15) is 0 Å². The van der Waals surface area contributed by atoms with Crippen molar-refractivity contribution in [3.63, 3.8) is 0 Å². The van der Waals surface area contributed by atoms with Gasteiger partial charge < -0.3 is 4.90 Å². The maximum absolute atomic E-state index is 4.89. The minimum absolute atomic E-state index is 0.0677. The molecule has 2 aromatic rings. The zero-order valence-corrected chi connectivity index (χ0v) is 15.9. The second-order valence-electron chi connectivity index (χ2n) is 7.05. The average Bonchev–Trinajstić information content (AvgIpc) is 3.18. The van der Waals surface area contributed by atoms with Crippen molar-refractivity contribution in [3.05, 3.63) is 52.2 Å². The van der Waals surface area contributed by atoms with Crippen LogP contribution in [0.3, 0.4) is 0 Å². The summed E-state index contributed by atoms with van der Waals surface area (Å²) in [5.74, 6) is 0. The Kier molecular flexibility index (Phi) is 4.88. The topological polar surface area (TPSA) is 6.48 Å². The van der Waals surface area contributed by atoms with Gasteiger partial charge in [0.1, 0.15) is 0 Å². The van der Waals surface area contributed by atoms with Crippen LogP contribution in [-0.4, -0.2) is 23.9 Å². The molecule has 1 aromatic heterocycles. The quantitative estimate of drug-likeness (QED) is 0.743. The Hall–Kier alpha value is -0.970. The summed E-state index contributed by atoms with van der Waals surface area (Å²) in [5.41, 5.74) is 4.09. The molecule has 2 fully saturated rings. The van der Waals surface area contributed by atoms with Crippen LogP contribution in [0.4, 0.5) is 5.69 Å². The van der Waals surface area contributed by atoms with Gasteiger partial charge in [0.2, 0.25) is 0 Å².